The van der Waals surface area contributed by atoms with Crippen LogP contribution in [0.5, 0.6) is 11.5 Å². The van der Waals surface area contributed by atoms with Gasteiger partial charge in [-0.15, -0.1) is 5.10 Å². The SMILES string of the molecule is COc1ccc(-c2nc(NC(=O)C3CC3c3ccccc3Cl)n[nH]2)c(OC)c1. The largest absolute Gasteiger partial charge is 0.497 e. The van der Waals surface area contributed by atoms with Gasteiger partial charge in [0.15, 0.2) is 5.82 Å². The van der Waals surface area contributed by atoms with Gasteiger partial charge in [-0.1, -0.05) is 29.8 Å². The summed E-state index contributed by atoms with van der Waals surface area (Å²) in [6.07, 6.45) is 0.763. The minimum absolute atomic E-state index is 0.114. The first-order chi connectivity index (χ1) is 13.6. The number of halogens is 1. The standard InChI is InChI=1S/C20H19ClN4O3/c1-27-11-7-8-13(17(9-11)28-2)18-22-20(25-24-18)23-19(26)15-10-14(15)12-5-3-4-6-16(12)21/h3-9,14-15H,10H2,1-2H3,(H2,22,23,24,25,26). The highest BCUT2D eigenvalue weighted by Gasteiger charge is 2.45. The second kappa shape index (κ2) is 7.52. The molecule has 2 atom stereocenters. The number of hydrogen-bond donors (Lipinski definition) is 2. The van der Waals surface area contributed by atoms with Crippen LogP contribution in [-0.4, -0.2) is 35.3 Å². The molecule has 0 bridgehead atoms. The van der Waals surface area contributed by atoms with Gasteiger partial charge in [0.2, 0.25) is 11.9 Å². The summed E-state index contributed by atoms with van der Waals surface area (Å²) >= 11 is 6.23. The summed E-state index contributed by atoms with van der Waals surface area (Å²) in [5.74, 6) is 1.88. The molecule has 2 aromatic carbocycles. The zero-order valence-electron chi connectivity index (χ0n) is 15.4. The van der Waals surface area contributed by atoms with Crippen molar-refractivity contribution in [3.63, 3.8) is 0 Å². The van der Waals surface area contributed by atoms with E-state index >= 15 is 0 Å². The quantitative estimate of drug-likeness (QED) is 0.657. The van der Waals surface area contributed by atoms with Gasteiger partial charge in [-0.2, -0.15) is 4.98 Å². The predicted octanol–water partition coefficient (Wildman–Crippen LogP) is 3.88. The average Bonchev–Trinajstić information content (AvgIpc) is 3.39. The topological polar surface area (TPSA) is 89.1 Å². The maximum Gasteiger partial charge on any atom is 0.249 e. The van der Waals surface area contributed by atoms with Gasteiger partial charge < -0.3 is 9.47 Å². The van der Waals surface area contributed by atoms with E-state index in [0.29, 0.717) is 22.3 Å². The number of carbonyl (C=O) groups is 1. The van der Waals surface area contributed by atoms with E-state index in [1.807, 2.05) is 30.3 Å². The van der Waals surface area contributed by atoms with Crippen molar-refractivity contribution in [2.24, 2.45) is 5.92 Å². The number of ether oxygens (including phenoxy) is 2. The zero-order chi connectivity index (χ0) is 19.7. The minimum atomic E-state index is -0.127. The van der Waals surface area contributed by atoms with Gasteiger partial charge in [-0.3, -0.25) is 15.2 Å². The summed E-state index contributed by atoms with van der Waals surface area (Å²) in [5.41, 5.74) is 1.72. The Bertz CT molecular complexity index is 1020. The van der Waals surface area contributed by atoms with Crippen LogP contribution in [0.1, 0.15) is 17.9 Å². The van der Waals surface area contributed by atoms with E-state index in [-0.39, 0.29) is 23.7 Å². The average molecular weight is 399 g/mol. The molecular weight excluding hydrogens is 380 g/mol. The minimum Gasteiger partial charge on any atom is -0.497 e. The number of nitrogens with one attached hydrogen (secondary N) is 2. The van der Waals surface area contributed by atoms with Gasteiger partial charge in [-0.05, 0) is 36.1 Å². The molecule has 3 aromatic rings. The van der Waals surface area contributed by atoms with Crippen LogP contribution in [0.2, 0.25) is 5.02 Å². The molecule has 0 aliphatic heterocycles. The Balaban J connectivity index is 1.46. The predicted molar refractivity (Wildman–Crippen MR) is 106 cm³/mol. The van der Waals surface area contributed by atoms with Crippen molar-refractivity contribution in [1.82, 2.24) is 15.2 Å². The number of nitrogens with zero attached hydrogens (tertiary/aromatic N) is 2. The summed E-state index contributed by atoms with van der Waals surface area (Å²) in [6.45, 7) is 0. The number of hydrogen-bond acceptors (Lipinski definition) is 5. The summed E-state index contributed by atoms with van der Waals surface area (Å²) in [4.78, 5) is 16.9. The Kier molecular flexibility index (Phi) is 4.92. The van der Waals surface area contributed by atoms with E-state index in [9.17, 15) is 4.79 Å². The van der Waals surface area contributed by atoms with Crippen LogP contribution in [0.15, 0.2) is 42.5 Å². The van der Waals surface area contributed by atoms with Gasteiger partial charge in [0.25, 0.3) is 0 Å². The van der Waals surface area contributed by atoms with E-state index in [1.165, 1.54) is 0 Å². The Labute approximate surface area is 167 Å². The van der Waals surface area contributed by atoms with Crippen LogP contribution >= 0.6 is 11.6 Å². The lowest BCUT2D eigenvalue weighted by molar-refractivity contribution is -0.117. The summed E-state index contributed by atoms with van der Waals surface area (Å²) in [6, 6.07) is 13.0. The highest BCUT2D eigenvalue weighted by atomic mass is 35.5. The number of carbonyl (C=O) groups excluding carboxylic acids is 1. The molecule has 1 saturated carbocycles. The van der Waals surface area contributed by atoms with E-state index in [0.717, 1.165) is 17.5 Å². The molecule has 8 heteroatoms. The van der Waals surface area contributed by atoms with Crippen molar-refractivity contribution in [2.45, 2.75) is 12.3 Å². The zero-order valence-corrected chi connectivity index (χ0v) is 16.2. The number of anilines is 1. The van der Waals surface area contributed by atoms with Crippen molar-refractivity contribution >= 4 is 23.5 Å². The third-order valence-corrected chi connectivity index (χ3v) is 5.16. The molecule has 1 aliphatic carbocycles. The molecule has 1 fully saturated rings. The number of rotatable bonds is 6. The molecule has 2 N–H and O–H groups in total. The Morgan fingerprint density at radius 1 is 1.21 bits per heavy atom. The van der Waals surface area contributed by atoms with Crippen LogP contribution in [-0.2, 0) is 4.79 Å². The number of benzene rings is 2. The molecule has 1 heterocycles. The first-order valence-electron chi connectivity index (χ1n) is 8.80. The Morgan fingerprint density at radius 2 is 2.04 bits per heavy atom. The number of aromatic nitrogens is 3. The smallest absolute Gasteiger partial charge is 0.249 e. The fourth-order valence-corrected chi connectivity index (χ4v) is 3.52. The molecule has 0 spiro atoms. The van der Waals surface area contributed by atoms with Gasteiger partial charge in [0, 0.05) is 17.0 Å². The lowest BCUT2D eigenvalue weighted by Gasteiger charge is -2.07. The van der Waals surface area contributed by atoms with Crippen LogP contribution < -0.4 is 14.8 Å². The Morgan fingerprint density at radius 3 is 2.79 bits per heavy atom. The van der Waals surface area contributed by atoms with Crippen molar-refractivity contribution in [3.05, 3.63) is 53.1 Å². The first-order valence-corrected chi connectivity index (χ1v) is 9.18. The Hall–Kier alpha value is -3.06. The van der Waals surface area contributed by atoms with E-state index < -0.39 is 0 Å². The number of H-pyrrole nitrogens is 1. The van der Waals surface area contributed by atoms with Crippen molar-refractivity contribution < 1.29 is 14.3 Å². The fourth-order valence-electron chi connectivity index (χ4n) is 3.24. The normalized spacial score (nSPS) is 17.8. The van der Waals surface area contributed by atoms with Crippen LogP contribution in [0.25, 0.3) is 11.4 Å². The molecule has 1 aromatic heterocycles. The molecule has 7 nitrogen and oxygen atoms in total. The maximum atomic E-state index is 12.5. The number of aromatic amines is 1. The van der Waals surface area contributed by atoms with Crippen molar-refractivity contribution in [1.29, 1.82) is 0 Å². The molecule has 4 rings (SSSR count). The fraction of sp³-hybridized carbons (Fsp3) is 0.250. The van der Waals surface area contributed by atoms with Crippen molar-refractivity contribution in [2.75, 3.05) is 19.5 Å². The van der Waals surface area contributed by atoms with Gasteiger partial charge >= 0.3 is 0 Å². The summed E-state index contributed by atoms with van der Waals surface area (Å²) in [7, 11) is 3.16. The molecule has 144 valence electrons. The lowest BCUT2D eigenvalue weighted by Crippen LogP contribution is -2.15. The number of methoxy groups -OCH3 is 2. The van der Waals surface area contributed by atoms with Crippen molar-refractivity contribution in [3.8, 4) is 22.9 Å². The van der Waals surface area contributed by atoms with Gasteiger partial charge in [0.05, 0.1) is 19.8 Å². The highest BCUT2D eigenvalue weighted by molar-refractivity contribution is 6.31. The molecule has 28 heavy (non-hydrogen) atoms. The maximum absolute atomic E-state index is 12.5. The third kappa shape index (κ3) is 3.53. The second-order valence-corrected chi connectivity index (χ2v) is 6.94. The molecule has 1 amide bonds. The summed E-state index contributed by atoms with van der Waals surface area (Å²) < 4.78 is 10.6. The first kappa shape index (κ1) is 18.3. The van der Waals surface area contributed by atoms with E-state index in [1.54, 1.807) is 26.4 Å². The molecule has 0 saturated heterocycles. The van der Waals surface area contributed by atoms with E-state index in [2.05, 4.69) is 20.5 Å². The monoisotopic (exact) mass is 398 g/mol. The van der Waals surface area contributed by atoms with Gasteiger partial charge in [-0.25, -0.2) is 0 Å². The highest BCUT2D eigenvalue weighted by Crippen LogP contribution is 2.49. The number of amides is 1. The van der Waals surface area contributed by atoms with Crippen LogP contribution in [0.3, 0.4) is 0 Å². The second-order valence-electron chi connectivity index (χ2n) is 6.53. The van der Waals surface area contributed by atoms with Crippen LogP contribution in [0.4, 0.5) is 5.95 Å². The van der Waals surface area contributed by atoms with Gasteiger partial charge in [0.1, 0.15) is 11.5 Å². The lowest BCUT2D eigenvalue weighted by atomic mass is 10.1. The summed E-state index contributed by atoms with van der Waals surface area (Å²) in [5, 5.41) is 10.4. The molecule has 1 aliphatic rings. The molecule has 2 unspecified atom stereocenters. The van der Waals surface area contributed by atoms with E-state index in [4.69, 9.17) is 21.1 Å². The van der Waals surface area contributed by atoms with Crippen LogP contribution in [0, 0.1) is 5.92 Å². The molecule has 0 radical (unpaired) electrons. The molecular formula is C20H19ClN4O3. The third-order valence-electron chi connectivity index (χ3n) is 4.82.